The Labute approximate surface area is 212 Å². The molecule has 0 radical (unpaired) electrons. The standard InChI is InChI=1S/C28H24FN5O3/c1-35-24-13-20-23(14-25(24)36-2)32-27(17-7-9-18(29)10-8-17)33-28(20)34-12-11-19(16-34)37-26-15-30-21-5-3-4-6-22(21)31-26/h3-10,13-15,19H,11-12,16H2,1-2H3/t19-/m1/s1. The van der Waals surface area contributed by atoms with Gasteiger partial charge >= 0.3 is 0 Å². The van der Waals surface area contributed by atoms with Crippen molar-refractivity contribution in [1.82, 2.24) is 19.9 Å². The zero-order chi connectivity index (χ0) is 25.4. The Morgan fingerprint density at radius 1 is 0.865 bits per heavy atom. The van der Waals surface area contributed by atoms with E-state index in [0.29, 0.717) is 35.3 Å². The van der Waals surface area contributed by atoms with E-state index in [2.05, 4.69) is 14.9 Å². The van der Waals surface area contributed by atoms with Gasteiger partial charge in [-0.05, 0) is 42.5 Å². The molecule has 1 atom stereocenters. The maximum absolute atomic E-state index is 13.6. The van der Waals surface area contributed by atoms with Crippen molar-refractivity contribution in [3.63, 3.8) is 0 Å². The second-order valence-electron chi connectivity index (χ2n) is 8.77. The molecule has 0 amide bonds. The quantitative estimate of drug-likeness (QED) is 0.322. The summed E-state index contributed by atoms with van der Waals surface area (Å²) in [4.78, 5) is 20.9. The largest absolute Gasteiger partial charge is 0.493 e. The number of rotatable bonds is 6. The van der Waals surface area contributed by atoms with Crippen molar-refractivity contribution in [2.75, 3.05) is 32.2 Å². The molecule has 1 fully saturated rings. The number of anilines is 1. The molecule has 1 saturated heterocycles. The topological polar surface area (TPSA) is 82.5 Å². The molecular formula is C28H24FN5O3. The van der Waals surface area contributed by atoms with Gasteiger partial charge in [0.15, 0.2) is 17.3 Å². The van der Waals surface area contributed by atoms with Gasteiger partial charge in [0, 0.05) is 30.0 Å². The van der Waals surface area contributed by atoms with Crippen molar-refractivity contribution in [2.24, 2.45) is 0 Å². The Morgan fingerprint density at radius 2 is 1.62 bits per heavy atom. The highest BCUT2D eigenvalue weighted by molar-refractivity contribution is 5.93. The molecule has 0 N–H and O–H groups in total. The first kappa shape index (κ1) is 22.9. The molecule has 0 bridgehead atoms. The first-order chi connectivity index (χ1) is 18.1. The van der Waals surface area contributed by atoms with Gasteiger partial charge in [0.05, 0.1) is 43.5 Å². The van der Waals surface area contributed by atoms with Crippen molar-refractivity contribution in [3.05, 3.63) is 72.7 Å². The first-order valence-corrected chi connectivity index (χ1v) is 11.9. The second-order valence-corrected chi connectivity index (χ2v) is 8.77. The predicted molar refractivity (Wildman–Crippen MR) is 139 cm³/mol. The minimum atomic E-state index is -0.313. The van der Waals surface area contributed by atoms with Gasteiger partial charge in [0.1, 0.15) is 17.7 Å². The van der Waals surface area contributed by atoms with E-state index in [0.717, 1.165) is 40.8 Å². The summed E-state index contributed by atoms with van der Waals surface area (Å²) in [7, 11) is 3.19. The summed E-state index contributed by atoms with van der Waals surface area (Å²) in [5, 5.41) is 0.828. The molecule has 1 aliphatic rings. The van der Waals surface area contributed by atoms with Gasteiger partial charge in [-0.1, -0.05) is 12.1 Å². The number of nitrogens with zero attached hydrogens (tertiary/aromatic N) is 5. The molecule has 37 heavy (non-hydrogen) atoms. The highest BCUT2D eigenvalue weighted by Gasteiger charge is 2.28. The fourth-order valence-corrected chi connectivity index (χ4v) is 4.59. The van der Waals surface area contributed by atoms with Crippen LogP contribution in [-0.4, -0.2) is 53.3 Å². The first-order valence-electron chi connectivity index (χ1n) is 11.9. The summed E-state index contributed by atoms with van der Waals surface area (Å²) in [6, 6.07) is 17.6. The van der Waals surface area contributed by atoms with Crippen LogP contribution in [0, 0.1) is 5.82 Å². The van der Waals surface area contributed by atoms with Gasteiger partial charge < -0.3 is 19.1 Å². The maximum atomic E-state index is 13.6. The van der Waals surface area contributed by atoms with Crippen molar-refractivity contribution in [1.29, 1.82) is 0 Å². The molecular weight excluding hydrogens is 473 g/mol. The van der Waals surface area contributed by atoms with Crippen LogP contribution in [0.25, 0.3) is 33.3 Å². The molecule has 6 rings (SSSR count). The number of methoxy groups -OCH3 is 2. The van der Waals surface area contributed by atoms with Crippen molar-refractivity contribution in [2.45, 2.75) is 12.5 Å². The Bertz CT molecular complexity index is 1600. The van der Waals surface area contributed by atoms with Crippen LogP contribution in [0.2, 0.25) is 0 Å². The van der Waals surface area contributed by atoms with Crippen molar-refractivity contribution >= 4 is 27.8 Å². The number of para-hydroxylation sites is 2. The SMILES string of the molecule is COc1cc2nc(-c3ccc(F)cc3)nc(N3CC[C@@H](Oc4cnc5ccccc5n4)C3)c2cc1OC. The van der Waals surface area contributed by atoms with Crippen LogP contribution >= 0.6 is 0 Å². The minimum Gasteiger partial charge on any atom is -0.493 e. The normalized spacial score (nSPS) is 15.3. The van der Waals surface area contributed by atoms with E-state index in [-0.39, 0.29) is 11.9 Å². The number of benzene rings is 3. The molecule has 8 nitrogen and oxygen atoms in total. The van der Waals surface area contributed by atoms with Gasteiger partial charge in [-0.3, -0.25) is 0 Å². The van der Waals surface area contributed by atoms with Crippen LogP contribution in [0.4, 0.5) is 10.2 Å². The van der Waals surface area contributed by atoms with E-state index in [1.807, 2.05) is 36.4 Å². The third-order valence-corrected chi connectivity index (χ3v) is 6.44. The van der Waals surface area contributed by atoms with Gasteiger partial charge in [0.25, 0.3) is 0 Å². The molecule has 0 aliphatic carbocycles. The Balaban J connectivity index is 1.36. The van der Waals surface area contributed by atoms with E-state index in [1.165, 1.54) is 12.1 Å². The third kappa shape index (κ3) is 4.44. The molecule has 2 aromatic heterocycles. The summed E-state index contributed by atoms with van der Waals surface area (Å²) in [6.45, 7) is 1.34. The number of hydrogen-bond donors (Lipinski definition) is 0. The summed E-state index contributed by atoms with van der Waals surface area (Å²) in [5.74, 6) is 2.60. The summed E-state index contributed by atoms with van der Waals surface area (Å²) >= 11 is 0. The molecule has 3 heterocycles. The maximum Gasteiger partial charge on any atom is 0.233 e. The summed E-state index contributed by atoms with van der Waals surface area (Å²) in [5.41, 5.74) is 3.04. The van der Waals surface area contributed by atoms with E-state index in [1.54, 1.807) is 32.5 Å². The average Bonchev–Trinajstić information content (AvgIpc) is 3.40. The van der Waals surface area contributed by atoms with Crippen LogP contribution in [0.15, 0.2) is 66.9 Å². The van der Waals surface area contributed by atoms with E-state index in [4.69, 9.17) is 24.2 Å². The van der Waals surface area contributed by atoms with Gasteiger partial charge in [-0.15, -0.1) is 0 Å². The molecule has 0 spiro atoms. The third-order valence-electron chi connectivity index (χ3n) is 6.44. The Hall–Kier alpha value is -4.53. The van der Waals surface area contributed by atoms with Gasteiger partial charge in [0.2, 0.25) is 5.88 Å². The lowest BCUT2D eigenvalue weighted by atomic mass is 10.1. The number of ether oxygens (including phenoxy) is 3. The number of aromatic nitrogens is 4. The van der Waals surface area contributed by atoms with Gasteiger partial charge in [-0.2, -0.15) is 0 Å². The van der Waals surface area contributed by atoms with Gasteiger partial charge in [-0.25, -0.2) is 24.3 Å². The Morgan fingerprint density at radius 3 is 2.41 bits per heavy atom. The van der Waals surface area contributed by atoms with Crippen molar-refractivity contribution in [3.8, 4) is 28.8 Å². The second kappa shape index (κ2) is 9.50. The van der Waals surface area contributed by atoms with Crippen LogP contribution in [-0.2, 0) is 0 Å². The zero-order valence-electron chi connectivity index (χ0n) is 20.4. The lowest BCUT2D eigenvalue weighted by Crippen LogP contribution is -2.26. The van der Waals surface area contributed by atoms with Crippen LogP contribution in [0.3, 0.4) is 0 Å². The molecule has 1 aliphatic heterocycles. The molecule has 5 aromatic rings. The smallest absolute Gasteiger partial charge is 0.233 e. The highest BCUT2D eigenvalue weighted by atomic mass is 19.1. The zero-order valence-corrected chi connectivity index (χ0v) is 20.4. The van der Waals surface area contributed by atoms with Crippen LogP contribution < -0.4 is 19.1 Å². The fourth-order valence-electron chi connectivity index (χ4n) is 4.59. The molecule has 3 aromatic carbocycles. The molecule has 186 valence electrons. The average molecular weight is 498 g/mol. The van der Waals surface area contributed by atoms with E-state index in [9.17, 15) is 4.39 Å². The van der Waals surface area contributed by atoms with E-state index < -0.39 is 0 Å². The number of fused-ring (bicyclic) bond motifs is 2. The monoisotopic (exact) mass is 497 g/mol. The summed E-state index contributed by atoms with van der Waals surface area (Å²) in [6.07, 6.45) is 2.36. The minimum absolute atomic E-state index is 0.0881. The Kier molecular flexibility index (Phi) is 5.88. The van der Waals surface area contributed by atoms with Crippen LogP contribution in [0.1, 0.15) is 6.42 Å². The van der Waals surface area contributed by atoms with Crippen molar-refractivity contribution < 1.29 is 18.6 Å². The van der Waals surface area contributed by atoms with Crippen LogP contribution in [0.5, 0.6) is 17.4 Å². The molecule has 0 unspecified atom stereocenters. The fraction of sp³-hybridized carbons (Fsp3) is 0.214. The summed E-state index contributed by atoms with van der Waals surface area (Å²) < 4.78 is 30.8. The molecule has 9 heteroatoms. The lowest BCUT2D eigenvalue weighted by Gasteiger charge is -2.21. The predicted octanol–water partition coefficient (Wildman–Crippen LogP) is 5.05. The number of hydrogen-bond acceptors (Lipinski definition) is 8. The van der Waals surface area contributed by atoms with E-state index >= 15 is 0 Å². The number of halogens is 1. The highest BCUT2D eigenvalue weighted by Crippen LogP contribution is 2.37. The molecule has 0 saturated carbocycles. The lowest BCUT2D eigenvalue weighted by molar-refractivity contribution is 0.216.